The van der Waals surface area contributed by atoms with Gasteiger partial charge in [-0.25, -0.2) is 9.79 Å². The van der Waals surface area contributed by atoms with E-state index in [1.54, 1.807) is 6.07 Å². The number of carbonyl (C=O) groups excluding carboxylic acids is 1. The maximum Gasteiger partial charge on any atom is 0.235 e. The minimum Gasteiger partial charge on any atom is -0.508 e. The third-order valence-electron chi connectivity index (χ3n) is 2.01. The highest BCUT2D eigenvalue weighted by Gasteiger charge is 2.02. The number of isocyanates is 1. The summed E-state index contributed by atoms with van der Waals surface area (Å²) in [5.41, 5.74) is 2.76. The van der Waals surface area contributed by atoms with Crippen molar-refractivity contribution >= 4 is 6.08 Å². The molecule has 0 unspecified atom stereocenters. The van der Waals surface area contributed by atoms with E-state index in [4.69, 9.17) is 0 Å². The number of rotatable bonds is 2. The quantitative estimate of drug-likeness (QED) is 0.553. The van der Waals surface area contributed by atoms with Gasteiger partial charge in [-0.3, -0.25) is 0 Å². The van der Waals surface area contributed by atoms with Crippen molar-refractivity contribution in [1.29, 1.82) is 0 Å². The van der Waals surface area contributed by atoms with Crippen LogP contribution in [0.2, 0.25) is 0 Å². The normalized spacial score (nSPS) is 9.38. The molecular formula is C10H11NO2. The minimum absolute atomic E-state index is 0.183. The SMILES string of the molecule is Cc1cc(O)c(CN=C=O)cc1C. The lowest BCUT2D eigenvalue weighted by Crippen LogP contribution is -1.87. The lowest BCUT2D eigenvalue weighted by molar-refractivity contribution is 0.467. The summed E-state index contributed by atoms with van der Waals surface area (Å²) in [6.45, 7) is 4.06. The van der Waals surface area contributed by atoms with Crippen LogP contribution in [-0.2, 0) is 11.3 Å². The Balaban J connectivity index is 3.07. The molecule has 1 aromatic rings. The van der Waals surface area contributed by atoms with Gasteiger partial charge in [0.2, 0.25) is 6.08 Å². The van der Waals surface area contributed by atoms with Crippen molar-refractivity contribution in [3.63, 3.8) is 0 Å². The predicted octanol–water partition coefficient (Wildman–Crippen LogP) is 1.84. The van der Waals surface area contributed by atoms with Crippen LogP contribution in [0.5, 0.6) is 5.75 Å². The molecule has 0 aliphatic rings. The molecule has 0 saturated carbocycles. The molecule has 1 N–H and O–H groups in total. The van der Waals surface area contributed by atoms with Crippen molar-refractivity contribution in [3.8, 4) is 5.75 Å². The molecule has 1 aromatic carbocycles. The van der Waals surface area contributed by atoms with Crippen LogP contribution in [0.4, 0.5) is 0 Å². The van der Waals surface area contributed by atoms with E-state index in [-0.39, 0.29) is 12.3 Å². The number of phenols is 1. The minimum atomic E-state index is 0.183. The van der Waals surface area contributed by atoms with Gasteiger partial charge in [-0.05, 0) is 31.0 Å². The predicted molar refractivity (Wildman–Crippen MR) is 49.4 cm³/mol. The average Bonchev–Trinajstić information content (AvgIpc) is 2.09. The van der Waals surface area contributed by atoms with E-state index >= 15 is 0 Å². The van der Waals surface area contributed by atoms with Gasteiger partial charge in [0.15, 0.2) is 0 Å². The van der Waals surface area contributed by atoms with Crippen LogP contribution in [0.3, 0.4) is 0 Å². The molecule has 0 bridgehead atoms. The Morgan fingerprint density at radius 1 is 1.38 bits per heavy atom. The average molecular weight is 177 g/mol. The van der Waals surface area contributed by atoms with Gasteiger partial charge in [0.05, 0.1) is 6.54 Å². The molecule has 3 nitrogen and oxygen atoms in total. The number of aromatic hydroxyl groups is 1. The summed E-state index contributed by atoms with van der Waals surface area (Å²) in [7, 11) is 0. The maximum atomic E-state index is 9.87. The van der Waals surface area contributed by atoms with E-state index in [9.17, 15) is 9.90 Å². The molecule has 0 atom stereocenters. The van der Waals surface area contributed by atoms with E-state index in [2.05, 4.69) is 4.99 Å². The van der Waals surface area contributed by atoms with Gasteiger partial charge < -0.3 is 5.11 Å². The Morgan fingerprint density at radius 3 is 2.62 bits per heavy atom. The lowest BCUT2D eigenvalue weighted by Gasteiger charge is -2.05. The molecule has 0 spiro atoms. The van der Waals surface area contributed by atoms with E-state index in [0.29, 0.717) is 5.56 Å². The molecule has 0 saturated heterocycles. The fourth-order valence-electron chi connectivity index (χ4n) is 1.10. The number of nitrogens with zero attached hydrogens (tertiary/aromatic N) is 1. The standard InChI is InChI=1S/C10H11NO2/c1-7-3-9(5-11-6-12)10(13)4-8(7)2/h3-4,13H,5H2,1-2H3. The first-order chi connectivity index (χ1) is 6.15. The fraction of sp³-hybridized carbons (Fsp3) is 0.300. The number of aliphatic imine (C=N–C) groups is 1. The molecule has 0 amide bonds. The first kappa shape index (κ1) is 9.49. The molecule has 0 fully saturated rings. The zero-order valence-electron chi connectivity index (χ0n) is 7.66. The Kier molecular flexibility index (Phi) is 2.83. The number of phenolic OH excluding ortho intramolecular Hbond substituents is 1. The van der Waals surface area contributed by atoms with Crippen molar-refractivity contribution in [2.45, 2.75) is 20.4 Å². The highest BCUT2D eigenvalue weighted by atomic mass is 16.3. The lowest BCUT2D eigenvalue weighted by atomic mass is 10.1. The van der Waals surface area contributed by atoms with Crippen LogP contribution >= 0.6 is 0 Å². The molecule has 0 aliphatic heterocycles. The van der Waals surface area contributed by atoms with Crippen LogP contribution < -0.4 is 0 Å². The summed E-state index contributed by atoms with van der Waals surface area (Å²) in [6, 6.07) is 3.50. The summed E-state index contributed by atoms with van der Waals surface area (Å²) < 4.78 is 0. The first-order valence-corrected chi connectivity index (χ1v) is 3.98. The molecule has 1 rings (SSSR count). The molecule has 0 radical (unpaired) electrons. The molecular weight excluding hydrogens is 166 g/mol. The van der Waals surface area contributed by atoms with Crippen molar-refractivity contribution in [2.75, 3.05) is 0 Å². The van der Waals surface area contributed by atoms with E-state index in [0.717, 1.165) is 11.1 Å². The van der Waals surface area contributed by atoms with Crippen LogP contribution in [0.15, 0.2) is 17.1 Å². The second kappa shape index (κ2) is 3.87. The molecule has 0 aliphatic carbocycles. The Morgan fingerprint density at radius 2 is 2.00 bits per heavy atom. The van der Waals surface area contributed by atoms with Gasteiger partial charge >= 0.3 is 0 Å². The van der Waals surface area contributed by atoms with E-state index < -0.39 is 0 Å². The van der Waals surface area contributed by atoms with Gasteiger partial charge in [0.1, 0.15) is 5.75 Å². The molecule has 3 heteroatoms. The second-order valence-electron chi connectivity index (χ2n) is 2.97. The largest absolute Gasteiger partial charge is 0.508 e. The molecule has 68 valence electrons. The Hall–Kier alpha value is -1.60. The Labute approximate surface area is 76.7 Å². The van der Waals surface area contributed by atoms with Gasteiger partial charge in [0, 0.05) is 5.56 Å². The summed E-state index contributed by atoms with van der Waals surface area (Å²) in [5, 5.41) is 9.45. The summed E-state index contributed by atoms with van der Waals surface area (Å²) >= 11 is 0. The van der Waals surface area contributed by atoms with E-state index in [1.165, 1.54) is 6.08 Å². The summed E-state index contributed by atoms with van der Waals surface area (Å²) in [4.78, 5) is 13.3. The third-order valence-corrected chi connectivity index (χ3v) is 2.01. The van der Waals surface area contributed by atoms with Crippen molar-refractivity contribution < 1.29 is 9.90 Å². The third kappa shape index (κ3) is 2.17. The second-order valence-corrected chi connectivity index (χ2v) is 2.97. The first-order valence-electron chi connectivity index (χ1n) is 3.98. The summed E-state index contributed by atoms with van der Waals surface area (Å²) in [5.74, 6) is 0.183. The number of hydrogen-bond acceptors (Lipinski definition) is 3. The number of hydrogen-bond donors (Lipinski definition) is 1. The zero-order valence-corrected chi connectivity index (χ0v) is 7.66. The zero-order chi connectivity index (χ0) is 9.84. The molecule has 0 aromatic heterocycles. The highest BCUT2D eigenvalue weighted by Crippen LogP contribution is 2.22. The van der Waals surface area contributed by atoms with Crippen molar-refractivity contribution in [2.24, 2.45) is 4.99 Å². The fourth-order valence-corrected chi connectivity index (χ4v) is 1.10. The van der Waals surface area contributed by atoms with Gasteiger partial charge in [-0.2, -0.15) is 0 Å². The van der Waals surface area contributed by atoms with Crippen LogP contribution in [0, 0.1) is 13.8 Å². The Bertz CT molecular complexity index is 365. The van der Waals surface area contributed by atoms with Gasteiger partial charge in [-0.15, -0.1) is 0 Å². The number of aryl methyl sites for hydroxylation is 2. The molecule has 13 heavy (non-hydrogen) atoms. The topological polar surface area (TPSA) is 49.7 Å². The van der Waals surface area contributed by atoms with Gasteiger partial charge in [-0.1, -0.05) is 6.07 Å². The van der Waals surface area contributed by atoms with Gasteiger partial charge in [0.25, 0.3) is 0 Å². The van der Waals surface area contributed by atoms with Crippen LogP contribution in [0.1, 0.15) is 16.7 Å². The van der Waals surface area contributed by atoms with Crippen LogP contribution in [0.25, 0.3) is 0 Å². The monoisotopic (exact) mass is 177 g/mol. The smallest absolute Gasteiger partial charge is 0.235 e. The summed E-state index contributed by atoms with van der Waals surface area (Å²) in [6.07, 6.45) is 1.44. The van der Waals surface area contributed by atoms with E-state index in [1.807, 2.05) is 19.9 Å². The maximum absolute atomic E-state index is 9.87. The van der Waals surface area contributed by atoms with Crippen LogP contribution in [-0.4, -0.2) is 11.2 Å². The molecule has 0 heterocycles. The van der Waals surface area contributed by atoms with Crippen molar-refractivity contribution in [1.82, 2.24) is 0 Å². The number of benzene rings is 1. The van der Waals surface area contributed by atoms with Crippen molar-refractivity contribution in [3.05, 3.63) is 28.8 Å². The highest BCUT2D eigenvalue weighted by molar-refractivity contribution is 5.42.